The van der Waals surface area contributed by atoms with Gasteiger partial charge in [-0.05, 0) is 5.75 Å². The maximum Gasteiger partial charge on any atom is 0.264 e. The molecule has 0 saturated heterocycles. The molecule has 1 rings (SSSR count). The Balaban J connectivity index is 2.49. The van der Waals surface area contributed by atoms with Gasteiger partial charge in [0.05, 0.1) is 12.8 Å². The Hall–Kier alpha value is -0.440. The molecule has 0 aromatic carbocycles. The van der Waals surface area contributed by atoms with Crippen molar-refractivity contribution < 1.29 is 4.57 Å². The molecule has 1 heterocycles. The van der Waals surface area contributed by atoms with E-state index in [1.165, 1.54) is 11.6 Å². The van der Waals surface area contributed by atoms with Crippen LogP contribution in [-0.2, 0) is 12.8 Å². The zero-order valence-corrected chi connectivity index (χ0v) is 7.24. The average Bonchev–Trinajstić information content (AvgIpc) is 2.31. The van der Waals surface area contributed by atoms with Gasteiger partial charge in [-0.1, -0.05) is 6.92 Å². The second kappa shape index (κ2) is 3.66. The van der Waals surface area contributed by atoms with E-state index in [1.54, 1.807) is 0 Å². The fourth-order valence-corrected chi connectivity index (χ4v) is 1.46. The van der Waals surface area contributed by atoms with Crippen LogP contribution >= 0.6 is 11.8 Å². The van der Waals surface area contributed by atoms with Crippen molar-refractivity contribution in [2.45, 2.75) is 12.7 Å². The smallest absolute Gasteiger partial charge is 0.247 e. The number of hydrogen-bond acceptors (Lipinski definition) is 1. The van der Waals surface area contributed by atoms with Crippen LogP contribution in [0.4, 0.5) is 0 Å². The van der Waals surface area contributed by atoms with Gasteiger partial charge in [-0.15, -0.1) is 11.8 Å². The molecule has 0 amide bonds. The van der Waals surface area contributed by atoms with E-state index in [0.29, 0.717) is 0 Å². The lowest BCUT2D eigenvalue weighted by atomic mass is 10.7. The molecule has 10 heavy (non-hydrogen) atoms. The minimum Gasteiger partial charge on any atom is -0.247 e. The third-order valence-electron chi connectivity index (χ3n) is 1.42. The van der Waals surface area contributed by atoms with Crippen LogP contribution in [0, 0.1) is 0 Å². The minimum atomic E-state index is 1.08. The normalized spacial score (nSPS) is 10.2. The van der Waals surface area contributed by atoms with Crippen molar-refractivity contribution >= 4 is 11.8 Å². The van der Waals surface area contributed by atoms with E-state index < -0.39 is 0 Å². The molecule has 0 fully saturated rings. The highest BCUT2D eigenvalue weighted by atomic mass is 32.2. The number of hydrogen-bond donors (Lipinski definition) is 1. The van der Waals surface area contributed by atoms with E-state index in [2.05, 4.69) is 23.5 Å². The van der Waals surface area contributed by atoms with Gasteiger partial charge in [0, 0.05) is 0 Å². The zero-order valence-electron chi connectivity index (χ0n) is 6.42. The Bertz CT molecular complexity index is 195. The fourth-order valence-electron chi connectivity index (χ4n) is 0.779. The maximum atomic E-state index is 3.18. The Kier molecular flexibility index (Phi) is 2.81. The predicted molar refractivity (Wildman–Crippen MR) is 43.8 cm³/mol. The Morgan fingerprint density at radius 1 is 1.70 bits per heavy atom. The summed E-state index contributed by atoms with van der Waals surface area (Å²) in [4.78, 5) is 3.18. The van der Waals surface area contributed by atoms with Gasteiger partial charge in [0.25, 0.3) is 5.82 Å². The maximum absolute atomic E-state index is 3.18. The number of aromatic nitrogens is 2. The Morgan fingerprint density at radius 3 is 3.00 bits per heavy atom. The molecular weight excluding hydrogens is 144 g/mol. The molecule has 56 valence electrons. The molecule has 3 heteroatoms. The summed E-state index contributed by atoms with van der Waals surface area (Å²) in [6.07, 6.45) is 4.00. The Morgan fingerprint density at radius 2 is 2.50 bits per heavy atom. The number of rotatable bonds is 3. The fraction of sp³-hybridized carbons (Fsp3) is 0.571. The third-order valence-corrected chi connectivity index (χ3v) is 2.30. The molecule has 0 saturated carbocycles. The molecule has 1 N–H and O–H groups in total. The molecule has 0 aliphatic carbocycles. The Labute approximate surface area is 65.7 Å². The highest BCUT2D eigenvalue weighted by Crippen LogP contribution is 2.04. The lowest BCUT2D eigenvalue weighted by Gasteiger charge is -1.91. The summed E-state index contributed by atoms with van der Waals surface area (Å²) >= 11 is 1.93. The van der Waals surface area contributed by atoms with Gasteiger partial charge in [-0.3, -0.25) is 0 Å². The summed E-state index contributed by atoms with van der Waals surface area (Å²) in [7, 11) is 2.06. The van der Waals surface area contributed by atoms with Gasteiger partial charge in [0.2, 0.25) is 0 Å². The summed E-state index contributed by atoms with van der Waals surface area (Å²) in [6, 6.07) is 0. The standard InChI is InChI=1S/C7H12N2S/c1-3-10-6-7-8-4-5-9(7)2/h4-5H,3,6H2,1-2H3/p+1. The van der Waals surface area contributed by atoms with Crippen LogP contribution in [-0.4, -0.2) is 10.7 Å². The lowest BCUT2D eigenvalue weighted by Crippen LogP contribution is -2.29. The lowest BCUT2D eigenvalue weighted by molar-refractivity contribution is -0.676. The van der Waals surface area contributed by atoms with Gasteiger partial charge in [-0.2, -0.15) is 0 Å². The first-order valence-electron chi connectivity index (χ1n) is 3.44. The summed E-state index contributed by atoms with van der Waals surface area (Å²) in [5, 5.41) is 0. The van der Waals surface area contributed by atoms with Gasteiger partial charge in [0.1, 0.15) is 12.4 Å². The molecule has 1 aromatic heterocycles. The zero-order chi connectivity index (χ0) is 7.40. The number of H-pyrrole nitrogens is 1. The van der Waals surface area contributed by atoms with E-state index >= 15 is 0 Å². The van der Waals surface area contributed by atoms with Crippen molar-refractivity contribution in [2.24, 2.45) is 7.05 Å². The second-order valence-corrected chi connectivity index (χ2v) is 3.43. The van der Waals surface area contributed by atoms with Crippen LogP contribution in [0.25, 0.3) is 0 Å². The first-order valence-corrected chi connectivity index (χ1v) is 4.59. The quantitative estimate of drug-likeness (QED) is 0.651. The number of thioether (sulfide) groups is 1. The van der Waals surface area contributed by atoms with E-state index in [9.17, 15) is 0 Å². The number of imidazole rings is 1. The molecular formula is C7H13N2S+. The van der Waals surface area contributed by atoms with Crippen molar-refractivity contribution in [1.29, 1.82) is 0 Å². The summed E-state index contributed by atoms with van der Waals surface area (Å²) in [6.45, 7) is 2.17. The van der Waals surface area contributed by atoms with Crippen molar-refractivity contribution in [3.8, 4) is 0 Å². The van der Waals surface area contributed by atoms with Crippen molar-refractivity contribution in [2.75, 3.05) is 5.75 Å². The van der Waals surface area contributed by atoms with Crippen molar-refractivity contribution in [3.05, 3.63) is 18.2 Å². The molecule has 0 atom stereocenters. The number of nitrogens with zero attached hydrogens (tertiary/aromatic N) is 1. The first kappa shape index (κ1) is 7.66. The third kappa shape index (κ3) is 1.77. The molecule has 0 unspecified atom stereocenters. The molecule has 0 aliphatic rings. The highest BCUT2D eigenvalue weighted by Gasteiger charge is 2.03. The van der Waals surface area contributed by atoms with Gasteiger partial charge < -0.3 is 0 Å². The monoisotopic (exact) mass is 157 g/mol. The van der Waals surface area contributed by atoms with Crippen LogP contribution < -0.4 is 4.57 Å². The minimum absolute atomic E-state index is 1.08. The molecule has 0 bridgehead atoms. The van der Waals surface area contributed by atoms with Crippen molar-refractivity contribution in [1.82, 2.24) is 4.98 Å². The van der Waals surface area contributed by atoms with E-state index in [1.807, 2.05) is 24.2 Å². The topological polar surface area (TPSA) is 19.7 Å². The van der Waals surface area contributed by atoms with Crippen LogP contribution in [0.3, 0.4) is 0 Å². The number of aromatic amines is 1. The number of aryl methyl sites for hydroxylation is 1. The highest BCUT2D eigenvalue weighted by molar-refractivity contribution is 7.98. The van der Waals surface area contributed by atoms with Crippen molar-refractivity contribution in [3.63, 3.8) is 0 Å². The van der Waals surface area contributed by atoms with Crippen LogP contribution in [0.1, 0.15) is 12.7 Å². The molecule has 0 aliphatic heterocycles. The van der Waals surface area contributed by atoms with Crippen LogP contribution in [0.2, 0.25) is 0 Å². The molecule has 1 aromatic rings. The largest absolute Gasteiger partial charge is 0.264 e. The van der Waals surface area contributed by atoms with E-state index in [0.717, 1.165) is 5.75 Å². The van der Waals surface area contributed by atoms with E-state index in [4.69, 9.17) is 0 Å². The molecule has 0 spiro atoms. The summed E-state index contributed by atoms with van der Waals surface area (Å²) in [5.41, 5.74) is 0. The van der Waals surface area contributed by atoms with Gasteiger partial charge in [-0.25, -0.2) is 9.55 Å². The SMILES string of the molecule is CCSCc1[nH]cc[n+]1C. The van der Waals surface area contributed by atoms with Gasteiger partial charge in [0.15, 0.2) is 0 Å². The number of nitrogens with one attached hydrogen (secondary N) is 1. The molecule has 0 radical (unpaired) electrons. The predicted octanol–water partition coefficient (Wildman–Crippen LogP) is 1.09. The van der Waals surface area contributed by atoms with Crippen LogP contribution in [0.15, 0.2) is 12.4 Å². The first-order chi connectivity index (χ1) is 4.84. The molecule has 2 nitrogen and oxygen atoms in total. The van der Waals surface area contributed by atoms with Gasteiger partial charge >= 0.3 is 0 Å². The average molecular weight is 157 g/mol. The van der Waals surface area contributed by atoms with E-state index in [-0.39, 0.29) is 0 Å². The summed E-state index contributed by atoms with van der Waals surface area (Å²) in [5.74, 6) is 3.55. The summed E-state index contributed by atoms with van der Waals surface area (Å²) < 4.78 is 2.11. The van der Waals surface area contributed by atoms with Crippen LogP contribution in [0.5, 0.6) is 0 Å². The second-order valence-electron chi connectivity index (χ2n) is 2.15.